The molecule has 3 amide bonds. The number of nitrogens with one attached hydrogen (secondary N) is 1. The van der Waals surface area contributed by atoms with E-state index in [-0.39, 0.29) is 19.0 Å². The van der Waals surface area contributed by atoms with Crippen LogP contribution in [-0.2, 0) is 14.4 Å². The molecule has 0 atom stereocenters. The molecule has 1 saturated heterocycles. The molecule has 1 fully saturated rings. The largest absolute Gasteiger partial charge is 0.324 e. The van der Waals surface area contributed by atoms with Crippen molar-refractivity contribution in [1.29, 1.82) is 0 Å². The fraction of sp³-hybridized carbons (Fsp3) is 0.667. The van der Waals surface area contributed by atoms with E-state index in [1.54, 1.807) is 20.8 Å². The van der Waals surface area contributed by atoms with Gasteiger partial charge in [0, 0.05) is 5.41 Å². The topological polar surface area (TPSA) is 66.5 Å². The zero-order chi connectivity index (χ0) is 10.9. The minimum Gasteiger partial charge on any atom is -0.324 e. The van der Waals surface area contributed by atoms with Gasteiger partial charge in [-0.1, -0.05) is 20.8 Å². The van der Waals surface area contributed by atoms with Crippen LogP contribution >= 0.6 is 0 Å². The lowest BCUT2D eigenvalue weighted by atomic mass is 9.94. The van der Waals surface area contributed by atoms with E-state index in [9.17, 15) is 14.4 Å². The average Bonchev–Trinajstić information content (AvgIpc) is 1.99. The lowest BCUT2D eigenvalue weighted by Crippen LogP contribution is -2.55. The molecule has 0 saturated carbocycles. The molecule has 0 spiro atoms. The Balaban J connectivity index is 2.74. The first-order chi connectivity index (χ1) is 6.30. The third-order valence-corrected chi connectivity index (χ3v) is 1.88. The maximum atomic E-state index is 11.7. The summed E-state index contributed by atoms with van der Waals surface area (Å²) in [5.74, 6) is -1.02. The van der Waals surface area contributed by atoms with Crippen LogP contribution in [0, 0.1) is 5.41 Å². The number of rotatable bonds is 0. The van der Waals surface area contributed by atoms with Crippen LogP contribution in [0.4, 0.5) is 0 Å². The smallest absolute Gasteiger partial charge is 0.246 e. The van der Waals surface area contributed by atoms with Gasteiger partial charge in [0.05, 0.1) is 0 Å². The normalized spacial score (nSPS) is 18.1. The molecule has 5 nitrogen and oxygen atoms in total. The molecule has 0 unspecified atom stereocenters. The lowest BCUT2D eigenvalue weighted by Gasteiger charge is -2.30. The molecule has 78 valence electrons. The van der Waals surface area contributed by atoms with Gasteiger partial charge in [0.25, 0.3) is 0 Å². The molecule has 5 heteroatoms. The van der Waals surface area contributed by atoms with Crippen LogP contribution in [-0.4, -0.2) is 35.7 Å². The third kappa shape index (κ3) is 2.31. The molecule has 0 bridgehead atoms. The van der Waals surface area contributed by atoms with Crippen LogP contribution in [0.1, 0.15) is 20.8 Å². The van der Waals surface area contributed by atoms with Crippen LogP contribution in [0.15, 0.2) is 0 Å². The van der Waals surface area contributed by atoms with Gasteiger partial charge in [0.1, 0.15) is 13.1 Å². The number of amides is 3. The Morgan fingerprint density at radius 1 is 1.21 bits per heavy atom. The molecule has 1 N–H and O–H groups in total. The Labute approximate surface area is 82.4 Å². The summed E-state index contributed by atoms with van der Waals surface area (Å²) in [4.78, 5) is 35.0. The second kappa shape index (κ2) is 3.40. The maximum Gasteiger partial charge on any atom is 0.246 e. The van der Waals surface area contributed by atoms with Gasteiger partial charge >= 0.3 is 0 Å². The van der Waals surface area contributed by atoms with E-state index in [1.165, 1.54) is 4.90 Å². The van der Waals surface area contributed by atoms with Crippen molar-refractivity contribution in [2.24, 2.45) is 5.41 Å². The van der Waals surface area contributed by atoms with E-state index in [2.05, 4.69) is 5.32 Å². The highest BCUT2D eigenvalue weighted by molar-refractivity contribution is 6.03. The summed E-state index contributed by atoms with van der Waals surface area (Å²) in [5, 5.41) is 2.14. The van der Waals surface area contributed by atoms with Crippen LogP contribution in [0.25, 0.3) is 0 Å². The van der Waals surface area contributed by atoms with Gasteiger partial charge in [-0.05, 0) is 0 Å². The summed E-state index contributed by atoms with van der Waals surface area (Å²) < 4.78 is 0. The lowest BCUT2D eigenvalue weighted by molar-refractivity contribution is -0.149. The highest BCUT2D eigenvalue weighted by Gasteiger charge is 2.32. The number of hydrogen-bond donors (Lipinski definition) is 1. The SMILES string of the molecule is CC(C)(C)C(=O)N1CC(=O)NC(=O)C1. The Kier molecular flexibility index (Phi) is 2.59. The summed E-state index contributed by atoms with van der Waals surface area (Å²) in [6, 6.07) is 0. The minimum absolute atomic E-state index is 0.0259. The van der Waals surface area contributed by atoms with Crippen molar-refractivity contribution in [2.45, 2.75) is 20.8 Å². The van der Waals surface area contributed by atoms with E-state index < -0.39 is 17.2 Å². The molecular weight excluding hydrogens is 184 g/mol. The number of piperazine rings is 1. The van der Waals surface area contributed by atoms with E-state index >= 15 is 0 Å². The first-order valence-corrected chi connectivity index (χ1v) is 4.43. The summed E-state index contributed by atoms with van der Waals surface area (Å²) >= 11 is 0. The molecule has 1 rings (SSSR count). The fourth-order valence-corrected chi connectivity index (χ4v) is 1.26. The van der Waals surface area contributed by atoms with E-state index in [0.717, 1.165) is 0 Å². The molecule has 1 aliphatic rings. The van der Waals surface area contributed by atoms with E-state index in [1.807, 2.05) is 0 Å². The van der Waals surface area contributed by atoms with Crippen molar-refractivity contribution in [2.75, 3.05) is 13.1 Å². The van der Waals surface area contributed by atoms with Gasteiger partial charge in [-0.25, -0.2) is 0 Å². The molecule has 1 aliphatic heterocycles. The van der Waals surface area contributed by atoms with Gasteiger partial charge < -0.3 is 4.90 Å². The molecule has 0 aliphatic carbocycles. The Hall–Kier alpha value is -1.39. The summed E-state index contributed by atoms with van der Waals surface area (Å²) in [5.41, 5.74) is -0.558. The zero-order valence-electron chi connectivity index (χ0n) is 8.59. The predicted octanol–water partition coefficient (Wildman–Crippen LogP) is -0.482. The van der Waals surface area contributed by atoms with Crippen molar-refractivity contribution < 1.29 is 14.4 Å². The Bertz CT molecular complexity index is 275. The highest BCUT2D eigenvalue weighted by atomic mass is 16.2. The number of hydrogen-bond acceptors (Lipinski definition) is 3. The first kappa shape index (κ1) is 10.7. The van der Waals surface area contributed by atoms with Gasteiger partial charge in [-0.3, -0.25) is 19.7 Å². The van der Waals surface area contributed by atoms with Crippen molar-refractivity contribution in [3.8, 4) is 0 Å². The molecule has 1 heterocycles. The summed E-state index contributed by atoms with van der Waals surface area (Å²) in [6.45, 7) is 5.22. The van der Waals surface area contributed by atoms with E-state index in [4.69, 9.17) is 0 Å². The molecular formula is C9H14N2O3. The molecule has 0 aromatic heterocycles. The monoisotopic (exact) mass is 198 g/mol. The van der Waals surface area contributed by atoms with Crippen LogP contribution in [0.3, 0.4) is 0 Å². The third-order valence-electron chi connectivity index (χ3n) is 1.88. The van der Waals surface area contributed by atoms with Crippen LogP contribution < -0.4 is 5.32 Å². The number of carbonyl (C=O) groups is 3. The van der Waals surface area contributed by atoms with Crippen molar-refractivity contribution in [1.82, 2.24) is 10.2 Å². The molecule has 0 aromatic rings. The molecule has 0 radical (unpaired) electrons. The Morgan fingerprint density at radius 2 is 1.64 bits per heavy atom. The fourth-order valence-electron chi connectivity index (χ4n) is 1.26. The zero-order valence-corrected chi connectivity index (χ0v) is 8.59. The van der Waals surface area contributed by atoms with Crippen molar-refractivity contribution in [3.05, 3.63) is 0 Å². The summed E-state index contributed by atoms with van der Waals surface area (Å²) in [6.07, 6.45) is 0. The maximum absolute atomic E-state index is 11.7. The van der Waals surface area contributed by atoms with Gasteiger partial charge in [0.15, 0.2) is 0 Å². The second-order valence-corrected chi connectivity index (χ2v) is 4.38. The standard InChI is InChI=1S/C9H14N2O3/c1-9(2,3)8(14)11-4-6(12)10-7(13)5-11/h4-5H2,1-3H3,(H,10,12,13). The van der Waals surface area contributed by atoms with Crippen LogP contribution in [0.5, 0.6) is 0 Å². The number of imide groups is 1. The summed E-state index contributed by atoms with van der Waals surface area (Å²) in [7, 11) is 0. The van der Waals surface area contributed by atoms with Gasteiger partial charge in [-0.2, -0.15) is 0 Å². The van der Waals surface area contributed by atoms with E-state index in [0.29, 0.717) is 0 Å². The number of carbonyl (C=O) groups excluding carboxylic acids is 3. The second-order valence-electron chi connectivity index (χ2n) is 4.38. The van der Waals surface area contributed by atoms with Crippen LogP contribution in [0.2, 0.25) is 0 Å². The first-order valence-electron chi connectivity index (χ1n) is 4.43. The van der Waals surface area contributed by atoms with Gasteiger partial charge in [-0.15, -0.1) is 0 Å². The van der Waals surface area contributed by atoms with Crippen molar-refractivity contribution >= 4 is 17.7 Å². The highest BCUT2D eigenvalue weighted by Crippen LogP contribution is 2.17. The number of nitrogens with zero attached hydrogens (tertiary/aromatic N) is 1. The molecule has 14 heavy (non-hydrogen) atoms. The molecule has 0 aromatic carbocycles. The minimum atomic E-state index is -0.558. The van der Waals surface area contributed by atoms with Gasteiger partial charge in [0.2, 0.25) is 17.7 Å². The Morgan fingerprint density at radius 3 is 2.00 bits per heavy atom. The van der Waals surface area contributed by atoms with Crippen molar-refractivity contribution in [3.63, 3.8) is 0 Å². The quantitative estimate of drug-likeness (QED) is 0.534. The predicted molar refractivity (Wildman–Crippen MR) is 49.2 cm³/mol. The average molecular weight is 198 g/mol.